The zero-order valence-electron chi connectivity index (χ0n) is 21.0. The summed E-state index contributed by atoms with van der Waals surface area (Å²) in [6.45, 7) is 2.27. The van der Waals surface area contributed by atoms with Crippen LogP contribution < -0.4 is 17.0 Å². The standard InChI is InChI=1S/C24H36N6O5/c1-5-6-11-29-19(32)17(18(25)26-2)20(33)30(22(29)35)15-7-9-23(10-8-15)13-24(14-23)12-16(31)27(3)21(34)28(24)4/h15,32H,5-14H2,1-4H3,(H2,25,26). The van der Waals surface area contributed by atoms with Crippen LogP contribution in [0.25, 0.3) is 0 Å². The molecule has 11 heteroatoms. The van der Waals surface area contributed by atoms with Gasteiger partial charge in [-0.1, -0.05) is 13.3 Å². The number of rotatable bonds is 5. The van der Waals surface area contributed by atoms with Crippen LogP contribution in [-0.2, 0) is 11.3 Å². The summed E-state index contributed by atoms with van der Waals surface area (Å²) in [7, 11) is 4.71. The molecule has 1 aromatic rings. The first-order chi connectivity index (χ1) is 16.5. The number of urea groups is 1. The van der Waals surface area contributed by atoms with Crippen molar-refractivity contribution in [2.45, 2.75) is 82.8 Å². The normalized spacial score (nSPS) is 29.3. The summed E-state index contributed by atoms with van der Waals surface area (Å²) in [4.78, 5) is 58.2. The van der Waals surface area contributed by atoms with E-state index in [0.29, 0.717) is 25.7 Å². The van der Waals surface area contributed by atoms with E-state index in [2.05, 4.69) is 4.99 Å². The molecule has 0 radical (unpaired) electrons. The molecular formula is C24H36N6O5. The lowest BCUT2D eigenvalue weighted by Gasteiger charge is -2.63. The Morgan fingerprint density at radius 3 is 2.34 bits per heavy atom. The van der Waals surface area contributed by atoms with Gasteiger partial charge in [0.1, 0.15) is 11.4 Å². The third-order valence-corrected chi connectivity index (χ3v) is 8.51. The van der Waals surface area contributed by atoms with Gasteiger partial charge in [0.05, 0.1) is 12.0 Å². The van der Waals surface area contributed by atoms with Gasteiger partial charge in [0, 0.05) is 33.7 Å². The molecule has 35 heavy (non-hydrogen) atoms. The number of nitrogens with two attached hydrogens (primary N) is 1. The maximum atomic E-state index is 13.3. The number of hydrogen-bond donors (Lipinski definition) is 2. The molecule has 3 aliphatic rings. The number of unbranched alkanes of at least 4 members (excludes halogenated alkanes) is 1. The van der Waals surface area contributed by atoms with Gasteiger partial charge in [0.2, 0.25) is 11.8 Å². The molecule has 1 aliphatic heterocycles. The van der Waals surface area contributed by atoms with Crippen molar-refractivity contribution in [3.8, 4) is 5.88 Å². The molecule has 2 aliphatic carbocycles. The van der Waals surface area contributed by atoms with Crippen molar-refractivity contribution in [1.29, 1.82) is 0 Å². The van der Waals surface area contributed by atoms with Crippen molar-refractivity contribution in [3.05, 3.63) is 26.4 Å². The second-order valence-corrected chi connectivity index (χ2v) is 10.6. The number of aromatic nitrogens is 2. The number of aliphatic imine (C=N–C) groups is 1. The average molecular weight is 489 g/mol. The van der Waals surface area contributed by atoms with Gasteiger partial charge < -0.3 is 15.7 Å². The summed E-state index contributed by atoms with van der Waals surface area (Å²) in [6, 6.07) is -0.580. The fourth-order valence-electron chi connectivity index (χ4n) is 6.42. The highest BCUT2D eigenvalue weighted by Gasteiger charge is 2.61. The molecule has 1 saturated heterocycles. The summed E-state index contributed by atoms with van der Waals surface area (Å²) in [5.74, 6) is -0.678. The molecule has 2 spiro atoms. The predicted molar refractivity (Wildman–Crippen MR) is 131 cm³/mol. The number of carbonyl (C=O) groups is 2. The van der Waals surface area contributed by atoms with Crippen LogP contribution in [0.3, 0.4) is 0 Å². The molecule has 0 aromatic carbocycles. The van der Waals surface area contributed by atoms with Gasteiger partial charge >= 0.3 is 11.7 Å². The zero-order valence-corrected chi connectivity index (χ0v) is 21.0. The number of amidine groups is 1. The van der Waals surface area contributed by atoms with Crippen LogP contribution in [0, 0.1) is 5.41 Å². The molecule has 3 amide bonds. The summed E-state index contributed by atoms with van der Waals surface area (Å²) in [6.07, 6.45) is 6.15. The zero-order chi connectivity index (χ0) is 25.7. The second-order valence-electron chi connectivity index (χ2n) is 10.6. The van der Waals surface area contributed by atoms with Crippen molar-refractivity contribution in [3.63, 3.8) is 0 Å². The SMILES string of the molecule is CCCCn1c(O)c(C(N)=NC)c(=O)n(C2CCC3(CC2)CC2(CC(=O)N(C)C(=O)N2C)C3)c1=O. The largest absolute Gasteiger partial charge is 0.494 e. The summed E-state index contributed by atoms with van der Waals surface area (Å²) >= 11 is 0. The van der Waals surface area contributed by atoms with Crippen molar-refractivity contribution in [1.82, 2.24) is 18.9 Å². The van der Waals surface area contributed by atoms with Gasteiger partial charge in [0.15, 0.2) is 0 Å². The van der Waals surface area contributed by atoms with E-state index in [0.717, 1.165) is 32.1 Å². The molecule has 192 valence electrons. The monoisotopic (exact) mass is 488 g/mol. The topological polar surface area (TPSA) is 143 Å². The van der Waals surface area contributed by atoms with E-state index in [1.807, 2.05) is 6.92 Å². The minimum absolute atomic E-state index is 0.00424. The van der Waals surface area contributed by atoms with E-state index >= 15 is 0 Å². The third kappa shape index (κ3) is 3.84. The highest BCUT2D eigenvalue weighted by molar-refractivity contribution is 5.99. The van der Waals surface area contributed by atoms with E-state index in [1.54, 1.807) is 11.9 Å². The maximum Gasteiger partial charge on any atom is 0.334 e. The number of amides is 3. The molecular weight excluding hydrogens is 452 g/mol. The Balaban J connectivity index is 1.59. The van der Waals surface area contributed by atoms with Crippen LogP contribution in [0.15, 0.2) is 14.6 Å². The fourth-order valence-corrected chi connectivity index (χ4v) is 6.42. The van der Waals surface area contributed by atoms with Gasteiger partial charge in [-0.3, -0.25) is 28.6 Å². The average Bonchev–Trinajstić information content (AvgIpc) is 2.81. The molecule has 0 unspecified atom stereocenters. The molecule has 3 fully saturated rings. The van der Waals surface area contributed by atoms with E-state index < -0.39 is 22.7 Å². The molecule has 2 heterocycles. The van der Waals surface area contributed by atoms with Gasteiger partial charge in [-0.2, -0.15) is 0 Å². The minimum atomic E-state index is -0.611. The summed E-state index contributed by atoms with van der Waals surface area (Å²) < 4.78 is 2.48. The van der Waals surface area contributed by atoms with Crippen LogP contribution in [0.1, 0.15) is 76.3 Å². The first kappa shape index (κ1) is 25.0. The van der Waals surface area contributed by atoms with Crippen LogP contribution in [0.4, 0.5) is 4.79 Å². The quantitative estimate of drug-likeness (QED) is 0.474. The second kappa shape index (κ2) is 8.83. The Labute approximate surface area is 204 Å². The number of nitrogens with zero attached hydrogens (tertiary/aromatic N) is 5. The Morgan fingerprint density at radius 2 is 1.77 bits per heavy atom. The molecule has 11 nitrogen and oxygen atoms in total. The van der Waals surface area contributed by atoms with Crippen molar-refractivity contribution < 1.29 is 14.7 Å². The molecule has 4 rings (SSSR count). The lowest BCUT2D eigenvalue weighted by Crippen LogP contribution is -2.69. The van der Waals surface area contributed by atoms with Crippen LogP contribution in [-0.4, -0.2) is 68.5 Å². The molecule has 3 N–H and O–H groups in total. The number of carbonyl (C=O) groups excluding carboxylic acids is 2. The number of aromatic hydroxyl groups is 1. The van der Waals surface area contributed by atoms with Crippen LogP contribution >= 0.6 is 0 Å². The Bertz CT molecular complexity index is 1180. The van der Waals surface area contributed by atoms with Crippen LogP contribution in [0.2, 0.25) is 0 Å². The number of imide groups is 1. The molecule has 1 aromatic heterocycles. The molecule has 2 saturated carbocycles. The highest BCUT2D eigenvalue weighted by atomic mass is 16.3. The van der Waals surface area contributed by atoms with Gasteiger partial charge in [-0.15, -0.1) is 0 Å². The van der Waals surface area contributed by atoms with Crippen molar-refractivity contribution in [2.24, 2.45) is 16.1 Å². The predicted octanol–water partition coefficient (Wildman–Crippen LogP) is 1.40. The maximum absolute atomic E-state index is 13.3. The Hall–Kier alpha value is -3.11. The van der Waals surface area contributed by atoms with E-state index in [1.165, 1.54) is 28.1 Å². The lowest BCUT2D eigenvalue weighted by molar-refractivity contribution is -0.148. The minimum Gasteiger partial charge on any atom is -0.494 e. The van der Waals surface area contributed by atoms with Crippen molar-refractivity contribution in [2.75, 3.05) is 21.1 Å². The van der Waals surface area contributed by atoms with Crippen molar-refractivity contribution >= 4 is 17.8 Å². The van der Waals surface area contributed by atoms with E-state index in [9.17, 15) is 24.3 Å². The summed E-state index contributed by atoms with van der Waals surface area (Å²) in [5.41, 5.74) is 4.24. The molecule has 0 bridgehead atoms. The smallest absolute Gasteiger partial charge is 0.334 e. The first-order valence-corrected chi connectivity index (χ1v) is 12.4. The highest BCUT2D eigenvalue weighted by Crippen LogP contribution is 2.61. The van der Waals surface area contributed by atoms with Gasteiger partial charge in [-0.05, 0) is 50.4 Å². The fraction of sp³-hybridized carbons (Fsp3) is 0.708. The third-order valence-electron chi connectivity index (χ3n) is 8.51. The molecule has 0 atom stereocenters. The number of hydrogen-bond acceptors (Lipinski definition) is 6. The van der Waals surface area contributed by atoms with E-state index in [-0.39, 0.29) is 41.3 Å². The van der Waals surface area contributed by atoms with Gasteiger partial charge in [-0.25, -0.2) is 9.59 Å². The first-order valence-electron chi connectivity index (χ1n) is 12.4. The van der Waals surface area contributed by atoms with Gasteiger partial charge in [0.25, 0.3) is 5.56 Å². The Kier molecular flexibility index (Phi) is 6.31. The Morgan fingerprint density at radius 1 is 1.14 bits per heavy atom. The van der Waals surface area contributed by atoms with Crippen LogP contribution in [0.5, 0.6) is 5.88 Å². The lowest BCUT2D eigenvalue weighted by atomic mass is 9.50. The van der Waals surface area contributed by atoms with E-state index in [4.69, 9.17) is 5.73 Å². The summed E-state index contributed by atoms with van der Waals surface area (Å²) in [5, 5.41) is 10.7.